The summed E-state index contributed by atoms with van der Waals surface area (Å²) in [6.45, 7) is 3.99. The van der Waals surface area contributed by atoms with Gasteiger partial charge in [0, 0.05) is 6.42 Å². The van der Waals surface area contributed by atoms with Crippen molar-refractivity contribution in [2.75, 3.05) is 0 Å². The highest BCUT2D eigenvalue weighted by atomic mass is 28.4. The highest BCUT2D eigenvalue weighted by molar-refractivity contribution is 6.68. The van der Waals surface area contributed by atoms with Crippen molar-refractivity contribution < 1.29 is 4.43 Å². The van der Waals surface area contributed by atoms with E-state index in [0.29, 0.717) is 0 Å². The minimum absolute atomic E-state index is 0.893. The predicted octanol–water partition coefficient (Wildman–Crippen LogP) is 2.26. The zero-order valence-electron chi connectivity index (χ0n) is 8.58. The second kappa shape index (κ2) is 3.26. The van der Waals surface area contributed by atoms with Gasteiger partial charge in [-0.3, -0.25) is 0 Å². The van der Waals surface area contributed by atoms with Crippen molar-refractivity contribution in [2.45, 2.75) is 19.5 Å². The molecule has 2 N–H and O–H groups in total. The van der Waals surface area contributed by atoms with Crippen molar-refractivity contribution in [2.24, 2.45) is 5.40 Å². The highest BCUT2D eigenvalue weighted by Crippen LogP contribution is 2.26. The fourth-order valence-electron chi connectivity index (χ4n) is 1.65. The van der Waals surface area contributed by atoms with Crippen molar-refractivity contribution in [3.8, 4) is 0 Å². The standard InChI is InChI=1S/C11H15NOSi/c1-14(2,12)13-11-7-9-5-3-4-6-10(9)8-11/h3-7H,8,12H2,1-2H3. The second-order valence-corrected chi connectivity index (χ2v) is 7.60. The average molecular weight is 205 g/mol. The fourth-order valence-corrected chi connectivity index (χ4v) is 2.46. The van der Waals surface area contributed by atoms with Gasteiger partial charge in [0.05, 0.1) is 5.76 Å². The van der Waals surface area contributed by atoms with E-state index >= 15 is 0 Å². The molecule has 0 saturated carbocycles. The van der Waals surface area contributed by atoms with Crippen LogP contribution in [0.4, 0.5) is 0 Å². The van der Waals surface area contributed by atoms with Crippen molar-refractivity contribution in [3.63, 3.8) is 0 Å². The van der Waals surface area contributed by atoms with Crippen LogP contribution in [0.25, 0.3) is 6.08 Å². The number of benzene rings is 1. The van der Waals surface area contributed by atoms with E-state index in [-0.39, 0.29) is 0 Å². The van der Waals surface area contributed by atoms with Gasteiger partial charge in [0.1, 0.15) is 0 Å². The smallest absolute Gasteiger partial charge is 0.319 e. The van der Waals surface area contributed by atoms with Gasteiger partial charge in [0.15, 0.2) is 0 Å². The van der Waals surface area contributed by atoms with Crippen LogP contribution in [0.5, 0.6) is 0 Å². The number of hydrogen-bond donors (Lipinski definition) is 1. The summed E-state index contributed by atoms with van der Waals surface area (Å²) in [4.78, 5) is 0. The molecular formula is C11H15NOSi. The first-order valence-corrected chi connectivity index (χ1v) is 7.79. The normalized spacial score (nSPS) is 14.9. The quantitative estimate of drug-likeness (QED) is 0.752. The maximum absolute atomic E-state index is 5.93. The fraction of sp³-hybridized carbons (Fsp3) is 0.273. The first-order valence-electron chi connectivity index (χ1n) is 4.81. The number of allylic oxidation sites excluding steroid dienone is 1. The monoisotopic (exact) mass is 205 g/mol. The first kappa shape index (κ1) is 9.49. The molecule has 2 rings (SSSR count). The molecule has 0 heterocycles. The molecular weight excluding hydrogens is 190 g/mol. The van der Waals surface area contributed by atoms with E-state index in [9.17, 15) is 0 Å². The summed E-state index contributed by atoms with van der Waals surface area (Å²) >= 11 is 0. The van der Waals surface area contributed by atoms with Gasteiger partial charge in [-0.25, -0.2) is 0 Å². The zero-order valence-corrected chi connectivity index (χ0v) is 9.58. The van der Waals surface area contributed by atoms with Crippen LogP contribution < -0.4 is 5.40 Å². The Balaban J connectivity index is 2.16. The lowest BCUT2D eigenvalue weighted by atomic mass is 10.1. The summed E-state index contributed by atoms with van der Waals surface area (Å²) in [5.74, 6) is 1.02. The van der Waals surface area contributed by atoms with E-state index < -0.39 is 8.48 Å². The molecule has 2 nitrogen and oxygen atoms in total. The number of rotatable bonds is 2. The van der Waals surface area contributed by atoms with Crippen LogP contribution in [0, 0.1) is 0 Å². The largest absolute Gasteiger partial charge is 0.533 e. The molecule has 0 amide bonds. The lowest BCUT2D eigenvalue weighted by molar-refractivity contribution is 0.413. The maximum Gasteiger partial charge on any atom is 0.319 e. The van der Waals surface area contributed by atoms with E-state index in [1.807, 2.05) is 19.2 Å². The third kappa shape index (κ3) is 2.05. The lowest BCUT2D eigenvalue weighted by Gasteiger charge is -2.18. The zero-order chi connectivity index (χ0) is 10.2. The first-order chi connectivity index (χ1) is 6.54. The molecule has 1 aromatic carbocycles. The number of nitrogens with two attached hydrogens (primary N) is 1. The van der Waals surface area contributed by atoms with E-state index in [2.05, 4.69) is 24.3 Å². The molecule has 0 bridgehead atoms. The summed E-state index contributed by atoms with van der Waals surface area (Å²) in [5.41, 5.74) is 2.60. The highest BCUT2D eigenvalue weighted by Gasteiger charge is 2.22. The van der Waals surface area contributed by atoms with Gasteiger partial charge >= 0.3 is 8.48 Å². The molecule has 0 aromatic heterocycles. The number of fused-ring (bicyclic) bond motifs is 1. The molecule has 14 heavy (non-hydrogen) atoms. The Labute approximate surface area is 85.6 Å². The summed E-state index contributed by atoms with van der Waals surface area (Å²) in [5, 5.41) is 5.93. The van der Waals surface area contributed by atoms with Gasteiger partial charge in [0.25, 0.3) is 0 Å². The molecule has 1 aliphatic carbocycles. The van der Waals surface area contributed by atoms with E-state index in [1.54, 1.807) is 0 Å². The Morgan fingerprint density at radius 2 is 2.00 bits per heavy atom. The Morgan fingerprint density at radius 3 is 2.64 bits per heavy atom. The SMILES string of the molecule is C[Si](C)(N)OC1=Cc2ccccc2C1. The van der Waals surface area contributed by atoms with Crippen molar-refractivity contribution >= 4 is 14.6 Å². The van der Waals surface area contributed by atoms with Crippen LogP contribution in [-0.4, -0.2) is 8.48 Å². The molecule has 1 aliphatic rings. The molecule has 74 valence electrons. The summed E-state index contributed by atoms with van der Waals surface area (Å²) in [6, 6.07) is 8.34. The van der Waals surface area contributed by atoms with Crippen molar-refractivity contribution in [1.82, 2.24) is 0 Å². The average Bonchev–Trinajstić information content (AvgIpc) is 2.42. The summed E-state index contributed by atoms with van der Waals surface area (Å²) in [7, 11) is -1.93. The van der Waals surface area contributed by atoms with Gasteiger partial charge in [-0.05, 0) is 30.3 Å². The third-order valence-electron chi connectivity index (χ3n) is 2.13. The molecule has 0 spiro atoms. The summed E-state index contributed by atoms with van der Waals surface area (Å²) < 4.78 is 5.76. The van der Waals surface area contributed by atoms with Gasteiger partial charge < -0.3 is 9.83 Å². The number of hydrogen-bond acceptors (Lipinski definition) is 2. The molecule has 0 fully saturated rings. The van der Waals surface area contributed by atoms with Gasteiger partial charge in [-0.15, -0.1) is 0 Å². The lowest BCUT2D eigenvalue weighted by Crippen LogP contribution is -2.41. The van der Waals surface area contributed by atoms with Crippen LogP contribution >= 0.6 is 0 Å². The molecule has 0 aliphatic heterocycles. The second-order valence-electron chi connectivity index (χ2n) is 4.19. The maximum atomic E-state index is 5.93. The Hall–Kier alpha value is -1.06. The predicted molar refractivity (Wildman–Crippen MR) is 60.9 cm³/mol. The Morgan fingerprint density at radius 1 is 1.29 bits per heavy atom. The molecule has 0 saturated heterocycles. The molecule has 1 aromatic rings. The van der Waals surface area contributed by atoms with Crippen molar-refractivity contribution in [3.05, 3.63) is 41.2 Å². The topological polar surface area (TPSA) is 35.2 Å². The molecule has 0 radical (unpaired) electrons. The van der Waals surface area contributed by atoms with Gasteiger partial charge in [-0.2, -0.15) is 0 Å². The Bertz CT molecular complexity index is 379. The van der Waals surface area contributed by atoms with Crippen LogP contribution in [0.1, 0.15) is 11.1 Å². The minimum Gasteiger partial charge on any atom is -0.533 e. The molecule has 0 atom stereocenters. The molecule has 3 heteroatoms. The van der Waals surface area contributed by atoms with Crippen molar-refractivity contribution in [1.29, 1.82) is 0 Å². The van der Waals surface area contributed by atoms with Crippen LogP contribution in [0.2, 0.25) is 13.1 Å². The van der Waals surface area contributed by atoms with E-state index in [1.165, 1.54) is 11.1 Å². The Kier molecular flexibility index (Phi) is 2.21. The summed E-state index contributed by atoms with van der Waals surface area (Å²) in [6.07, 6.45) is 2.99. The van der Waals surface area contributed by atoms with Crippen LogP contribution in [0.3, 0.4) is 0 Å². The third-order valence-corrected chi connectivity index (χ3v) is 2.92. The van der Waals surface area contributed by atoms with Crippen LogP contribution in [-0.2, 0) is 10.8 Å². The minimum atomic E-state index is -1.93. The van der Waals surface area contributed by atoms with Crippen LogP contribution in [0.15, 0.2) is 30.0 Å². The van der Waals surface area contributed by atoms with Gasteiger partial charge in [-0.1, -0.05) is 24.3 Å². The van der Waals surface area contributed by atoms with E-state index in [4.69, 9.17) is 9.83 Å². The van der Waals surface area contributed by atoms with E-state index in [0.717, 1.165) is 12.2 Å². The molecule has 0 unspecified atom stereocenters. The van der Waals surface area contributed by atoms with Gasteiger partial charge in [0.2, 0.25) is 0 Å².